The zero-order chi connectivity index (χ0) is 27.6. The normalized spacial score (nSPS) is 15.6. The van der Waals surface area contributed by atoms with E-state index in [-0.39, 0.29) is 25.4 Å². The summed E-state index contributed by atoms with van der Waals surface area (Å²) < 4.78 is 10.2. The fourth-order valence-electron chi connectivity index (χ4n) is 4.72. The summed E-state index contributed by atoms with van der Waals surface area (Å²) in [5.74, 6) is -0.755. The molecular weight excluding hydrogens is 524 g/mol. The van der Waals surface area contributed by atoms with Gasteiger partial charge in [-0.15, -0.1) is 0 Å². The molecule has 0 aliphatic carbocycles. The first-order valence-electron chi connectivity index (χ1n) is 12.1. The Labute approximate surface area is 229 Å². The molecule has 5 rings (SSSR count). The van der Waals surface area contributed by atoms with Crippen molar-refractivity contribution < 1.29 is 28.7 Å². The predicted octanol–water partition coefficient (Wildman–Crippen LogP) is 4.16. The summed E-state index contributed by atoms with van der Waals surface area (Å²) in [6.45, 7) is 0.253. The zero-order valence-corrected chi connectivity index (χ0v) is 21.7. The largest absolute Gasteiger partial charge is 0.453 e. The zero-order valence-electron chi connectivity index (χ0n) is 20.9. The van der Waals surface area contributed by atoms with E-state index in [1.807, 2.05) is 30.3 Å². The highest BCUT2D eigenvalue weighted by atomic mass is 35.5. The van der Waals surface area contributed by atoms with Crippen LogP contribution < -0.4 is 16.0 Å². The molecule has 2 aliphatic rings. The summed E-state index contributed by atoms with van der Waals surface area (Å²) in [5, 5.41) is 8.51. The minimum absolute atomic E-state index is 0.127. The van der Waals surface area contributed by atoms with Crippen molar-refractivity contribution in [1.82, 2.24) is 10.2 Å². The van der Waals surface area contributed by atoms with Gasteiger partial charge in [-0.1, -0.05) is 41.9 Å². The third-order valence-corrected chi connectivity index (χ3v) is 6.90. The van der Waals surface area contributed by atoms with Crippen LogP contribution in [0.1, 0.15) is 21.5 Å². The van der Waals surface area contributed by atoms with E-state index in [0.29, 0.717) is 27.5 Å². The van der Waals surface area contributed by atoms with Crippen LogP contribution in [-0.2, 0) is 26.3 Å². The van der Waals surface area contributed by atoms with Crippen molar-refractivity contribution in [2.24, 2.45) is 0 Å². The number of benzene rings is 3. The number of hydrogen-bond acceptors (Lipinski definition) is 6. The Morgan fingerprint density at radius 2 is 1.79 bits per heavy atom. The van der Waals surface area contributed by atoms with Crippen molar-refractivity contribution in [3.8, 4) is 0 Å². The van der Waals surface area contributed by atoms with E-state index in [1.54, 1.807) is 47.4 Å². The number of anilines is 2. The van der Waals surface area contributed by atoms with Gasteiger partial charge in [0.2, 0.25) is 5.91 Å². The number of rotatable bonds is 6. The first kappa shape index (κ1) is 26.1. The van der Waals surface area contributed by atoms with Gasteiger partial charge in [0.25, 0.3) is 5.91 Å². The highest BCUT2D eigenvalue weighted by Crippen LogP contribution is 2.44. The van der Waals surface area contributed by atoms with Crippen molar-refractivity contribution in [2.45, 2.75) is 18.1 Å². The van der Waals surface area contributed by atoms with Crippen LogP contribution in [0.2, 0.25) is 5.02 Å². The summed E-state index contributed by atoms with van der Waals surface area (Å²) >= 11 is 6.20. The standard InChI is InChI=1S/C28H25ClN4O6/c1-38-26(36)30-20-10-7-18(8-11-20)24(34)31-23(13-17-5-3-2-4-6-17)25(35)33-15-28(16-33)21-14-19(29)9-12-22(21)32-27(37)39-28/h2-12,14,23H,13,15-16H2,1H3,(H,30,36)(H,31,34)(H,32,37)/t23-/m0/s1. The molecule has 0 saturated carbocycles. The molecule has 3 aromatic carbocycles. The van der Waals surface area contributed by atoms with Gasteiger partial charge >= 0.3 is 12.2 Å². The third-order valence-electron chi connectivity index (χ3n) is 6.67. The van der Waals surface area contributed by atoms with Crippen molar-refractivity contribution in [1.29, 1.82) is 0 Å². The molecular formula is C28H25ClN4O6. The Morgan fingerprint density at radius 3 is 2.49 bits per heavy atom. The first-order chi connectivity index (χ1) is 18.8. The molecule has 0 aromatic heterocycles. The minimum Gasteiger partial charge on any atom is -0.453 e. The van der Waals surface area contributed by atoms with E-state index in [1.165, 1.54) is 7.11 Å². The predicted molar refractivity (Wildman–Crippen MR) is 144 cm³/mol. The van der Waals surface area contributed by atoms with Crippen molar-refractivity contribution in [3.05, 3.63) is 94.5 Å². The van der Waals surface area contributed by atoms with Crippen molar-refractivity contribution in [3.63, 3.8) is 0 Å². The van der Waals surface area contributed by atoms with Gasteiger partial charge in [0.15, 0.2) is 5.60 Å². The van der Waals surface area contributed by atoms with Crippen LogP contribution in [0.15, 0.2) is 72.8 Å². The number of halogens is 1. The number of carbonyl (C=O) groups is 4. The molecule has 0 radical (unpaired) electrons. The molecule has 1 spiro atoms. The number of nitrogens with zero attached hydrogens (tertiary/aromatic N) is 1. The van der Waals surface area contributed by atoms with Gasteiger partial charge in [-0.2, -0.15) is 0 Å². The van der Waals surface area contributed by atoms with Gasteiger partial charge in [-0.05, 0) is 48.0 Å². The number of nitrogens with one attached hydrogen (secondary N) is 3. The van der Waals surface area contributed by atoms with Crippen LogP contribution in [0.3, 0.4) is 0 Å². The first-order valence-corrected chi connectivity index (χ1v) is 12.5. The van der Waals surface area contributed by atoms with E-state index in [4.69, 9.17) is 16.3 Å². The van der Waals surface area contributed by atoms with Gasteiger partial charge in [0, 0.05) is 28.3 Å². The highest BCUT2D eigenvalue weighted by molar-refractivity contribution is 6.30. The highest BCUT2D eigenvalue weighted by Gasteiger charge is 2.54. The maximum absolute atomic E-state index is 13.7. The summed E-state index contributed by atoms with van der Waals surface area (Å²) in [7, 11) is 1.25. The second kappa shape index (κ2) is 10.7. The number of methoxy groups -OCH3 is 1. The molecule has 1 atom stereocenters. The fraction of sp³-hybridized carbons (Fsp3) is 0.214. The number of ether oxygens (including phenoxy) is 2. The van der Waals surface area contributed by atoms with Crippen LogP contribution in [-0.4, -0.2) is 55.1 Å². The third kappa shape index (κ3) is 5.51. The fourth-order valence-corrected chi connectivity index (χ4v) is 4.89. The smallest absolute Gasteiger partial charge is 0.412 e. The number of amides is 4. The average Bonchev–Trinajstić information content (AvgIpc) is 2.91. The maximum Gasteiger partial charge on any atom is 0.412 e. The molecule has 200 valence electrons. The van der Waals surface area contributed by atoms with Crippen molar-refractivity contribution in [2.75, 3.05) is 30.8 Å². The van der Waals surface area contributed by atoms with Gasteiger partial charge in [-0.25, -0.2) is 9.59 Å². The summed E-state index contributed by atoms with van der Waals surface area (Å²) in [6, 6.07) is 19.8. The van der Waals surface area contributed by atoms with Gasteiger partial charge in [-0.3, -0.25) is 20.2 Å². The van der Waals surface area contributed by atoms with Gasteiger partial charge < -0.3 is 19.7 Å². The van der Waals surface area contributed by atoms with Crippen molar-refractivity contribution >= 4 is 47.0 Å². The number of likely N-dealkylation sites (tertiary alicyclic amines) is 1. The SMILES string of the molecule is COC(=O)Nc1ccc(C(=O)N[C@@H](Cc2ccccc2)C(=O)N2CC3(C2)OC(=O)Nc2ccc(Cl)cc23)cc1. The summed E-state index contributed by atoms with van der Waals surface area (Å²) in [5.41, 5.74) is 1.91. The molecule has 3 N–H and O–H groups in total. The second-order valence-corrected chi connectivity index (χ2v) is 9.74. The summed E-state index contributed by atoms with van der Waals surface area (Å²) in [6.07, 6.45) is -0.964. The molecule has 2 heterocycles. The molecule has 1 fully saturated rings. The molecule has 11 heteroatoms. The van der Waals surface area contributed by atoms with E-state index < -0.39 is 29.7 Å². The molecule has 0 bridgehead atoms. The minimum atomic E-state index is -1.01. The Balaban J connectivity index is 1.33. The second-order valence-electron chi connectivity index (χ2n) is 9.30. The van der Waals surface area contributed by atoms with Crippen LogP contribution in [0.25, 0.3) is 0 Å². The van der Waals surface area contributed by atoms with Crippen LogP contribution in [0, 0.1) is 0 Å². The van der Waals surface area contributed by atoms with E-state index in [2.05, 4.69) is 20.7 Å². The topological polar surface area (TPSA) is 126 Å². The molecule has 2 aliphatic heterocycles. The number of fused-ring (bicyclic) bond motifs is 2. The van der Waals surface area contributed by atoms with Gasteiger partial charge in [0.1, 0.15) is 6.04 Å². The van der Waals surface area contributed by atoms with Crippen LogP contribution >= 0.6 is 11.6 Å². The lowest BCUT2D eigenvalue weighted by Gasteiger charge is -2.51. The lowest BCUT2D eigenvalue weighted by Crippen LogP contribution is -2.67. The Morgan fingerprint density at radius 1 is 1.08 bits per heavy atom. The van der Waals surface area contributed by atoms with E-state index in [9.17, 15) is 19.2 Å². The lowest BCUT2D eigenvalue weighted by atomic mass is 9.83. The molecule has 4 amide bonds. The Bertz CT molecular complexity index is 1420. The summed E-state index contributed by atoms with van der Waals surface area (Å²) in [4.78, 5) is 52.0. The molecule has 0 unspecified atom stereocenters. The van der Waals surface area contributed by atoms with E-state index in [0.717, 1.165) is 5.56 Å². The number of hydrogen-bond donors (Lipinski definition) is 3. The number of carbonyl (C=O) groups excluding carboxylic acids is 4. The average molecular weight is 549 g/mol. The Kier molecular flexibility index (Phi) is 7.12. The molecule has 1 saturated heterocycles. The van der Waals surface area contributed by atoms with E-state index >= 15 is 0 Å². The Hall–Kier alpha value is -4.57. The van der Waals surface area contributed by atoms with Gasteiger partial charge in [0.05, 0.1) is 25.9 Å². The van der Waals surface area contributed by atoms with Crippen LogP contribution in [0.5, 0.6) is 0 Å². The molecule has 3 aromatic rings. The van der Waals surface area contributed by atoms with Crippen LogP contribution in [0.4, 0.5) is 21.0 Å². The maximum atomic E-state index is 13.7. The quantitative estimate of drug-likeness (QED) is 0.425. The molecule has 10 nitrogen and oxygen atoms in total. The lowest BCUT2D eigenvalue weighted by molar-refractivity contribution is -0.159. The molecule has 39 heavy (non-hydrogen) atoms. The monoisotopic (exact) mass is 548 g/mol.